The maximum absolute atomic E-state index is 13.0. The third-order valence-corrected chi connectivity index (χ3v) is 5.36. The minimum Gasteiger partial charge on any atom is -0.497 e. The normalized spacial score (nSPS) is 19.7. The van der Waals surface area contributed by atoms with Crippen molar-refractivity contribution in [3.8, 4) is 5.75 Å². The van der Waals surface area contributed by atoms with Crippen LogP contribution >= 0.6 is 0 Å². The smallest absolute Gasteiger partial charge is 0.256 e. The molecule has 2 heterocycles. The number of carbonyl (C=O) groups excluding carboxylic acids is 1. The Morgan fingerprint density at radius 1 is 1.28 bits per heavy atom. The van der Waals surface area contributed by atoms with E-state index < -0.39 is 5.60 Å². The fraction of sp³-hybridized carbons (Fsp3) is 0.364. The predicted molar refractivity (Wildman–Crippen MR) is 110 cm³/mol. The van der Waals surface area contributed by atoms with Crippen LogP contribution in [-0.4, -0.2) is 51.7 Å². The van der Waals surface area contributed by atoms with Crippen LogP contribution in [0.3, 0.4) is 0 Å². The molecule has 1 aromatic heterocycles. The van der Waals surface area contributed by atoms with Gasteiger partial charge in [-0.25, -0.2) is 4.98 Å². The van der Waals surface area contributed by atoms with Crippen LogP contribution in [0.5, 0.6) is 5.75 Å². The molecule has 0 saturated carbocycles. The van der Waals surface area contributed by atoms with Crippen LogP contribution in [0.1, 0.15) is 24.2 Å². The van der Waals surface area contributed by atoms with Crippen molar-refractivity contribution >= 4 is 16.9 Å². The third kappa shape index (κ3) is 4.26. The molecule has 1 fully saturated rings. The second-order valence-electron chi connectivity index (χ2n) is 7.52. The molecule has 0 unspecified atom stereocenters. The summed E-state index contributed by atoms with van der Waals surface area (Å²) >= 11 is 0. The summed E-state index contributed by atoms with van der Waals surface area (Å²) in [4.78, 5) is 22.5. The summed E-state index contributed by atoms with van der Waals surface area (Å²) in [5.41, 5.74) is 1.46. The van der Waals surface area contributed by atoms with Gasteiger partial charge in [-0.05, 0) is 42.7 Å². The zero-order valence-electron chi connectivity index (χ0n) is 16.5. The van der Waals surface area contributed by atoms with Gasteiger partial charge < -0.3 is 25.0 Å². The van der Waals surface area contributed by atoms with Crippen molar-refractivity contribution in [1.82, 2.24) is 20.2 Å². The Morgan fingerprint density at radius 3 is 2.97 bits per heavy atom. The van der Waals surface area contributed by atoms with Crippen LogP contribution in [0.4, 0.5) is 0 Å². The highest BCUT2D eigenvalue weighted by molar-refractivity contribution is 5.86. The van der Waals surface area contributed by atoms with E-state index in [1.807, 2.05) is 48.5 Å². The van der Waals surface area contributed by atoms with Gasteiger partial charge in [0.1, 0.15) is 11.6 Å². The Kier molecular flexibility index (Phi) is 5.51. The first-order valence-corrected chi connectivity index (χ1v) is 9.86. The van der Waals surface area contributed by atoms with Gasteiger partial charge in [0.2, 0.25) is 0 Å². The summed E-state index contributed by atoms with van der Waals surface area (Å²) in [6.45, 7) is 1.75. The van der Waals surface area contributed by atoms with Gasteiger partial charge in [-0.1, -0.05) is 24.3 Å². The van der Waals surface area contributed by atoms with E-state index in [0.29, 0.717) is 26.1 Å². The Hall–Kier alpha value is -2.90. The van der Waals surface area contributed by atoms with Gasteiger partial charge in [0, 0.05) is 19.6 Å². The molecule has 1 aliphatic heterocycles. The molecule has 1 saturated heterocycles. The van der Waals surface area contributed by atoms with E-state index in [1.54, 1.807) is 12.0 Å². The lowest BCUT2D eigenvalue weighted by Crippen LogP contribution is -2.57. The van der Waals surface area contributed by atoms with Crippen molar-refractivity contribution < 1.29 is 14.6 Å². The van der Waals surface area contributed by atoms with Crippen LogP contribution in [-0.2, 0) is 17.9 Å². The van der Waals surface area contributed by atoms with Crippen LogP contribution in [0.15, 0.2) is 48.5 Å². The van der Waals surface area contributed by atoms with Crippen molar-refractivity contribution in [1.29, 1.82) is 0 Å². The minimum absolute atomic E-state index is 0.192. The van der Waals surface area contributed by atoms with Crippen molar-refractivity contribution in [2.24, 2.45) is 0 Å². The largest absolute Gasteiger partial charge is 0.497 e. The number of ether oxygens (including phenoxy) is 1. The number of hydrogen-bond donors (Lipinski definition) is 3. The molecule has 1 atom stereocenters. The zero-order valence-corrected chi connectivity index (χ0v) is 16.5. The lowest BCUT2D eigenvalue weighted by Gasteiger charge is -2.38. The van der Waals surface area contributed by atoms with Crippen LogP contribution in [0.25, 0.3) is 11.0 Å². The third-order valence-electron chi connectivity index (χ3n) is 5.36. The second-order valence-corrected chi connectivity index (χ2v) is 7.52. The maximum atomic E-state index is 13.0. The molecule has 0 bridgehead atoms. The first-order valence-electron chi connectivity index (χ1n) is 9.86. The quantitative estimate of drug-likeness (QED) is 0.572. The molecule has 3 N–H and O–H groups in total. The molecule has 7 heteroatoms. The van der Waals surface area contributed by atoms with Gasteiger partial charge >= 0.3 is 0 Å². The standard InChI is InChI=1S/C22H26N4O3/c1-29-17-7-4-6-16(12-17)14-26-11-5-10-22(28,21(26)27)15-23-13-20-24-18-8-2-3-9-19(18)25-20/h2-4,6-9,12,23,28H,5,10-11,13-15H2,1H3,(H,24,25)/t22-/m1/s1. The van der Waals surface area contributed by atoms with E-state index in [0.717, 1.165) is 34.6 Å². The molecule has 3 aromatic rings. The number of benzene rings is 2. The summed E-state index contributed by atoms with van der Waals surface area (Å²) in [6.07, 6.45) is 1.21. The van der Waals surface area contributed by atoms with E-state index in [2.05, 4.69) is 15.3 Å². The molecule has 0 aliphatic carbocycles. The van der Waals surface area contributed by atoms with Crippen molar-refractivity contribution in [2.45, 2.75) is 31.5 Å². The molecule has 4 rings (SSSR count). The number of nitrogens with one attached hydrogen (secondary N) is 2. The number of fused-ring (bicyclic) bond motifs is 1. The molecule has 1 aliphatic rings. The van der Waals surface area contributed by atoms with Gasteiger partial charge in [0.25, 0.3) is 5.91 Å². The number of aromatic nitrogens is 2. The summed E-state index contributed by atoms with van der Waals surface area (Å²) in [7, 11) is 1.62. The number of likely N-dealkylation sites (tertiary alicyclic amines) is 1. The van der Waals surface area contributed by atoms with Crippen molar-refractivity contribution in [2.75, 3.05) is 20.2 Å². The van der Waals surface area contributed by atoms with E-state index in [-0.39, 0.29) is 12.5 Å². The number of nitrogens with zero attached hydrogens (tertiary/aromatic N) is 2. The summed E-state index contributed by atoms with van der Waals surface area (Å²) in [5, 5.41) is 14.2. The molecule has 29 heavy (non-hydrogen) atoms. The number of piperidine rings is 1. The highest BCUT2D eigenvalue weighted by Gasteiger charge is 2.41. The predicted octanol–water partition coefficient (Wildman–Crippen LogP) is 2.21. The Morgan fingerprint density at radius 2 is 2.14 bits per heavy atom. The van der Waals surface area contributed by atoms with Crippen LogP contribution in [0.2, 0.25) is 0 Å². The molecule has 0 radical (unpaired) electrons. The second kappa shape index (κ2) is 8.23. The number of carbonyl (C=O) groups is 1. The van der Waals surface area contributed by atoms with Gasteiger partial charge in [0.15, 0.2) is 5.60 Å². The summed E-state index contributed by atoms with van der Waals surface area (Å²) in [5.74, 6) is 1.31. The first kappa shape index (κ1) is 19.4. The number of rotatable bonds is 7. The Labute approximate surface area is 169 Å². The van der Waals surface area contributed by atoms with Gasteiger partial charge in [-0.2, -0.15) is 0 Å². The highest BCUT2D eigenvalue weighted by Crippen LogP contribution is 2.25. The topological polar surface area (TPSA) is 90.5 Å². The number of para-hydroxylation sites is 2. The fourth-order valence-corrected chi connectivity index (χ4v) is 3.85. The van der Waals surface area contributed by atoms with Crippen molar-refractivity contribution in [3.63, 3.8) is 0 Å². The molecular weight excluding hydrogens is 368 g/mol. The monoisotopic (exact) mass is 394 g/mol. The Bertz CT molecular complexity index is 969. The van der Waals surface area contributed by atoms with E-state index in [1.165, 1.54) is 0 Å². The summed E-state index contributed by atoms with van der Waals surface area (Å²) < 4.78 is 5.26. The average molecular weight is 394 g/mol. The number of hydrogen-bond acceptors (Lipinski definition) is 5. The first-order chi connectivity index (χ1) is 14.1. The SMILES string of the molecule is COc1cccc(CN2CCC[C@@](O)(CNCc3nc4ccccc4[nH]3)C2=O)c1. The number of methoxy groups -OCH3 is 1. The van der Waals surface area contributed by atoms with Crippen LogP contribution < -0.4 is 10.1 Å². The zero-order chi connectivity index (χ0) is 20.3. The summed E-state index contributed by atoms with van der Waals surface area (Å²) in [6, 6.07) is 15.5. The number of aliphatic hydroxyl groups is 1. The fourth-order valence-electron chi connectivity index (χ4n) is 3.85. The Balaban J connectivity index is 1.37. The van der Waals surface area contributed by atoms with E-state index in [4.69, 9.17) is 4.74 Å². The lowest BCUT2D eigenvalue weighted by molar-refractivity contribution is -0.157. The molecular formula is C22H26N4O3. The molecule has 0 spiro atoms. The highest BCUT2D eigenvalue weighted by atomic mass is 16.5. The van der Waals surface area contributed by atoms with E-state index in [9.17, 15) is 9.90 Å². The van der Waals surface area contributed by atoms with Gasteiger partial charge in [-0.15, -0.1) is 0 Å². The van der Waals surface area contributed by atoms with Gasteiger partial charge in [0.05, 0.1) is 24.7 Å². The lowest BCUT2D eigenvalue weighted by atomic mass is 9.91. The average Bonchev–Trinajstić information content (AvgIpc) is 3.14. The van der Waals surface area contributed by atoms with Crippen molar-refractivity contribution in [3.05, 3.63) is 59.9 Å². The number of imidazole rings is 1. The van der Waals surface area contributed by atoms with Crippen LogP contribution in [0, 0.1) is 0 Å². The van der Waals surface area contributed by atoms with Gasteiger partial charge in [-0.3, -0.25) is 4.79 Å². The number of aromatic amines is 1. The molecule has 152 valence electrons. The minimum atomic E-state index is -1.40. The molecule has 7 nitrogen and oxygen atoms in total. The maximum Gasteiger partial charge on any atom is 0.256 e. The molecule has 1 amide bonds. The molecule has 2 aromatic carbocycles. The van der Waals surface area contributed by atoms with E-state index >= 15 is 0 Å². The number of H-pyrrole nitrogens is 1. The number of amides is 1.